The maximum Gasteiger partial charge on any atom is 0.0634 e. The van der Waals surface area contributed by atoms with Crippen LogP contribution in [0.25, 0.3) is 60.9 Å². The van der Waals surface area contributed by atoms with E-state index in [1.807, 2.05) is 6.08 Å². The largest absolute Gasteiger partial charge is 0.333 e. The highest BCUT2D eigenvalue weighted by molar-refractivity contribution is 6.01. The molecule has 0 fully saturated rings. The summed E-state index contributed by atoms with van der Waals surface area (Å²) in [7, 11) is 0. The fourth-order valence-electron chi connectivity index (χ4n) is 11.1. The molecule has 1 atom stereocenters. The molecule has 72 heavy (non-hydrogen) atoms. The van der Waals surface area contributed by atoms with Crippen LogP contribution in [0.2, 0.25) is 0 Å². The molecule has 2 heterocycles. The quantitative estimate of drug-likeness (QED) is 0.120. The number of benzene rings is 10. The second-order valence-corrected chi connectivity index (χ2v) is 18.5. The van der Waals surface area contributed by atoms with Crippen LogP contribution in [-0.4, -0.2) is 10.6 Å². The predicted molar refractivity (Wildman–Crippen MR) is 305 cm³/mol. The topological polar surface area (TPSA) is 14.7 Å². The molecule has 0 amide bonds. The van der Waals surface area contributed by atoms with Crippen LogP contribution in [0.15, 0.2) is 285 Å². The Kier molecular flexibility index (Phi) is 10.8. The Morgan fingerprint density at radius 1 is 0.500 bits per heavy atom. The van der Waals surface area contributed by atoms with Crippen LogP contribution in [0.4, 0.5) is 34.1 Å². The first-order valence-corrected chi connectivity index (χ1v) is 24.8. The summed E-state index contributed by atoms with van der Waals surface area (Å²) in [6.07, 6.45) is 12.2. The van der Waals surface area contributed by atoms with Gasteiger partial charge in [0.1, 0.15) is 0 Å². The van der Waals surface area contributed by atoms with Crippen LogP contribution in [-0.2, 0) is 0 Å². The van der Waals surface area contributed by atoms with Crippen molar-refractivity contribution in [3.05, 3.63) is 296 Å². The SMILES string of the molecule is C=CC(=Cc1cn(-c2ccccc2)c2ccccc12)N(c1ccc(-c2ccc(N(C3=CCC4C(=C3)c3ccccc3N4c3ccccc3)c3cccc4ccccc34)cc2)cc1)c1cccc2ccccc12. The number of anilines is 6. The monoisotopic (exact) mass is 922 g/mol. The van der Waals surface area contributed by atoms with Gasteiger partial charge in [0.25, 0.3) is 0 Å². The standard InChI is InChI=1S/C68H50N4/c1-2-53(45-52-47-69(54-23-5-3-6-24-54)64-31-15-13-29-61(52)64)70(65-33-17-21-50-19-9-11-27-59(50)65)56-39-35-48(36-40-56)49-37-41-57(42-38-49)71(66-34-18-22-51-20-10-12-28-60(51)66)58-43-44-68-63(46-58)62-30-14-16-32-67(62)72(68)55-25-7-4-8-26-55/h2-43,45-47,68H,1,44H2. The maximum atomic E-state index is 4.43. The summed E-state index contributed by atoms with van der Waals surface area (Å²) < 4.78 is 2.28. The third kappa shape index (κ3) is 7.49. The van der Waals surface area contributed by atoms with Crippen LogP contribution in [0.1, 0.15) is 17.5 Å². The van der Waals surface area contributed by atoms with Gasteiger partial charge in [-0.25, -0.2) is 0 Å². The maximum absolute atomic E-state index is 4.43. The Balaban J connectivity index is 0.878. The minimum absolute atomic E-state index is 0.212. The van der Waals surface area contributed by atoms with E-state index in [4.69, 9.17) is 0 Å². The molecule has 10 aromatic carbocycles. The van der Waals surface area contributed by atoms with Crippen molar-refractivity contribution in [1.29, 1.82) is 0 Å². The van der Waals surface area contributed by atoms with E-state index in [2.05, 4.69) is 293 Å². The number of fused-ring (bicyclic) bond motifs is 6. The Bertz CT molecular complexity index is 3910. The van der Waals surface area contributed by atoms with Crippen molar-refractivity contribution in [3.63, 3.8) is 0 Å². The molecule has 11 aromatic rings. The van der Waals surface area contributed by atoms with Gasteiger partial charge in [-0.3, -0.25) is 0 Å². The van der Waals surface area contributed by atoms with Gasteiger partial charge in [0.05, 0.1) is 22.9 Å². The van der Waals surface area contributed by atoms with E-state index in [1.54, 1.807) is 0 Å². The third-order valence-electron chi connectivity index (χ3n) is 14.4. The van der Waals surface area contributed by atoms with Crippen LogP contribution < -0.4 is 14.7 Å². The van der Waals surface area contributed by atoms with E-state index in [1.165, 1.54) is 55.1 Å². The molecule has 1 unspecified atom stereocenters. The molecule has 0 N–H and O–H groups in total. The molecule has 0 saturated carbocycles. The molecular weight excluding hydrogens is 873 g/mol. The van der Waals surface area contributed by atoms with Crippen molar-refractivity contribution >= 4 is 78.2 Å². The van der Waals surface area contributed by atoms with E-state index >= 15 is 0 Å². The Morgan fingerprint density at radius 2 is 1.06 bits per heavy atom. The number of nitrogens with zero attached hydrogens (tertiary/aromatic N) is 4. The summed E-state index contributed by atoms with van der Waals surface area (Å²) in [5.74, 6) is 0. The number of hydrogen-bond donors (Lipinski definition) is 0. The predicted octanol–water partition coefficient (Wildman–Crippen LogP) is 18.0. The second kappa shape index (κ2) is 18.2. The van der Waals surface area contributed by atoms with Crippen molar-refractivity contribution in [2.75, 3.05) is 14.7 Å². The van der Waals surface area contributed by atoms with Crippen molar-refractivity contribution in [2.45, 2.75) is 12.5 Å². The summed E-state index contributed by atoms with van der Waals surface area (Å²) in [6, 6.07) is 87.7. The lowest BCUT2D eigenvalue weighted by atomic mass is 9.93. The van der Waals surface area contributed by atoms with Crippen LogP contribution in [0, 0.1) is 0 Å². The van der Waals surface area contributed by atoms with Gasteiger partial charge in [0.2, 0.25) is 0 Å². The molecular formula is C68H50N4. The fourth-order valence-corrected chi connectivity index (χ4v) is 11.1. The first-order valence-electron chi connectivity index (χ1n) is 24.8. The zero-order valence-corrected chi connectivity index (χ0v) is 39.8. The van der Waals surface area contributed by atoms with Crippen molar-refractivity contribution in [1.82, 2.24) is 4.57 Å². The molecule has 4 nitrogen and oxygen atoms in total. The lowest BCUT2D eigenvalue weighted by molar-refractivity contribution is 0.820. The van der Waals surface area contributed by atoms with E-state index in [9.17, 15) is 0 Å². The van der Waals surface area contributed by atoms with Gasteiger partial charge in [0.15, 0.2) is 0 Å². The number of rotatable bonds is 11. The van der Waals surface area contributed by atoms with E-state index in [0.717, 1.165) is 62.8 Å². The number of para-hydroxylation sites is 4. The molecule has 0 saturated heterocycles. The average Bonchev–Trinajstić information content (AvgIpc) is 3.99. The minimum atomic E-state index is 0.212. The molecule has 0 spiro atoms. The van der Waals surface area contributed by atoms with Crippen LogP contribution in [0.3, 0.4) is 0 Å². The van der Waals surface area contributed by atoms with Crippen molar-refractivity contribution in [3.8, 4) is 16.8 Å². The summed E-state index contributed by atoms with van der Waals surface area (Å²) in [4.78, 5) is 7.31. The van der Waals surface area contributed by atoms with Crippen molar-refractivity contribution < 1.29 is 0 Å². The first kappa shape index (κ1) is 42.7. The molecule has 0 bridgehead atoms. The van der Waals surface area contributed by atoms with Gasteiger partial charge in [-0.15, -0.1) is 0 Å². The molecule has 13 rings (SSSR count). The zero-order chi connectivity index (χ0) is 48.0. The fraction of sp³-hybridized carbons (Fsp3) is 0.0294. The third-order valence-corrected chi connectivity index (χ3v) is 14.4. The summed E-state index contributed by atoms with van der Waals surface area (Å²) in [5, 5.41) is 5.95. The normalized spacial score (nSPS) is 14.2. The molecule has 2 aliphatic rings. The first-order chi connectivity index (χ1) is 35.7. The van der Waals surface area contributed by atoms with Gasteiger partial charge in [-0.1, -0.05) is 183 Å². The van der Waals surface area contributed by atoms with Gasteiger partial charge in [0, 0.05) is 73.3 Å². The molecule has 1 aliphatic carbocycles. The molecule has 0 radical (unpaired) electrons. The Labute approximate surface area is 420 Å². The summed E-state index contributed by atoms with van der Waals surface area (Å²) in [6.45, 7) is 4.43. The van der Waals surface area contributed by atoms with E-state index in [0.29, 0.717) is 0 Å². The van der Waals surface area contributed by atoms with Crippen LogP contribution >= 0.6 is 0 Å². The van der Waals surface area contributed by atoms with Gasteiger partial charge in [-0.2, -0.15) is 0 Å². The highest BCUT2D eigenvalue weighted by atomic mass is 15.2. The Morgan fingerprint density at radius 3 is 1.75 bits per heavy atom. The average molecular weight is 923 g/mol. The second-order valence-electron chi connectivity index (χ2n) is 18.5. The highest BCUT2D eigenvalue weighted by Gasteiger charge is 2.36. The van der Waals surface area contributed by atoms with E-state index in [-0.39, 0.29) is 6.04 Å². The van der Waals surface area contributed by atoms with Gasteiger partial charge >= 0.3 is 0 Å². The molecule has 1 aliphatic heterocycles. The minimum Gasteiger partial charge on any atom is -0.333 e. The Hall–Kier alpha value is -9.38. The van der Waals surface area contributed by atoms with Crippen molar-refractivity contribution in [2.24, 2.45) is 0 Å². The lowest BCUT2D eigenvalue weighted by Crippen LogP contribution is -2.29. The van der Waals surface area contributed by atoms with Crippen LogP contribution in [0.5, 0.6) is 0 Å². The molecule has 4 heteroatoms. The number of aromatic nitrogens is 1. The molecule has 1 aromatic heterocycles. The molecule has 342 valence electrons. The summed E-state index contributed by atoms with van der Waals surface area (Å²) >= 11 is 0. The van der Waals surface area contributed by atoms with Gasteiger partial charge in [-0.05, 0) is 125 Å². The zero-order valence-electron chi connectivity index (χ0n) is 39.8. The smallest absolute Gasteiger partial charge is 0.0634 e. The summed E-state index contributed by atoms with van der Waals surface area (Å²) in [5.41, 5.74) is 17.3. The lowest BCUT2D eigenvalue weighted by Gasteiger charge is -2.33. The highest BCUT2D eigenvalue weighted by Crippen LogP contribution is 2.50. The van der Waals surface area contributed by atoms with E-state index < -0.39 is 0 Å². The number of hydrogen-bond acceptors (Lipinski definition) is 3. The number of allylic oxidation sites excluding steroid dienone is 2. The van der Waals surface area contributed by atoms with Gasteiger partial charge < -0.3 is 19.3 Å².